The van der Waals surface area contributed by atoms with Crippen molar-refractivity contribution in [3.63, 3.8) is 0 Å². The van der Waals surface area contributed by atoms with Crippen LogP contribution in [0.15, 0.2) is 66.7 Å². The fourth-order valence-corrected chi connectivity index (χ4v) is 5.93. The molecule has 0 radical (unpaired) electrons. The summed E-state index contributed by atoms with van der Waals surface area (Å²) in [7, 11) is 0. The Morgan fingerprint density at radius 3 is 2.43 bits per heavy atom. The third kappa shape index (κ3) is 7.07. The third-order valence-electron chi connectivity index (χ3n) is 8.06. The lowest BCUT2D eigenvalue weighted by Crippen LogP contribution is -2.47. The summed E-state index contributed by atoms with van der Waals surface area (Å²) in [6.45, 7) is 1.82. The summed E-state index contributed by atoms with van der Waals surface area (Å²) in [6, 6.07) is 15.5. The van der Waals surface area contributed by atoms with Crippen LogP contribution in [0, 0.1) is 11.6 Å². The van der Waals surface area contributed by atoms with Crippen molar-refractivity contribution in [1.29, 1.82) is 0 Å². The van der Waals surface area contributed by atoms with Gasteiger partial charge >= 0.3 is 6.36 Å². The number of piperidine rings is 1. The average molecular weight is 588 g/mol. The van der Waals surface area contributed by atoms with Crippen molar-refractivity contribution in [3.8, 4) is 5.75 Å². The lowest BCUT2D eigenvalue weighted by atomic mass is 9.68. The van der Waals surface area contributed by atoms with Crippen LogP contribution in [0.4, 0.5) is 27.6 Å². The van der Waals surface area contributed by atoms with E-state index in [1.54, 1.807) is 24.3 Å². The number of hydrogen-bond acceptors (Lipinski definition) is 4. The first-order valence-electron chi connectivity index (χ1n) is 13.7. The van der Waals surface area contributed by atoms with Gasteiger partial charge in [-0.3, -0.25) is 9.59 Å². The van der Waals surface area contributed by atoms with Gasteiger partial charge in [-0.15, -0.1) is 13.2 Å². The number of nitrogens with one attached hydrogen (secondary N) is 2. The predicted molar refractivity (Wildman–Crippen MR) is 146 cm³/mol. The molecule has 1 saturated heterocycles. The number of hydrogen-bond donors (Lipinski definition) is 2. The number of rotatable bonds is 8. The van der Waals surface area contributed by atoms with Gasteiger partial charge in [0, 0.05) is 24.1 Å². The quantitative estimate of drug-likeness (QED) is 0.316. The molecule has 222 valence electrons. The van der Waals surface area contributed by atoms with Crippen LogP contribution < -0.4 is 15.4 Å². The zero-order valence-electron chi connectivity index (χ0n) is 22.6. The Labute approximate surface area is 239 Å². The van der Waals surface area contributed by atoms with E-state index < -0.39 is 23.5 Å². The monoisotopic (exact) mass is 587 g/mol. The summed E-state index contributed by atoms with van der Waals surface area (Å²) in [5.74, 6) is -2.23. The fourth-order valence-electron chi connectivity index (χ4n) is 5.93. The Balaban J connectivity index is 1.24. The van der Waals surface area contributed by atoms with Crippen molar-refractivity contribution in [3.05, 3.63) is 95.1 Å². The molecule has 1 fully saturated rings. The fraction of sp³-hybridized carbons (Fsp3) is 0.355. The van der Waals surface area contributed by atoms with Crippen LogP contribution in [0.3, 0.4) is 0 Å². The molecule has 3 aromatic rings. The third-order valence-corrected chi connectivity index (χ3v) is 8.06. The standard InChI is InChI=1S/C31H30F5N3O3/c32-22-6-4-21(5-7-22)25(29(41)37-19-20-2-1-3-24(16-20)42-31(34,35)36)10-13-39-14-11-30(12-15-39)18-28(40)38-27-9-8-23(33)17-26(27)30/h1-9,16-17,25H,10-15,18-19H2,(H,37,41)(H,38,40). The maximum Gasteiger partial charge on any atom is 0.573 e. The molecular formula is C31H30F5N3O3. The molecule has 3 aromatic carbocycles. The minimum absolute atomic E-state index is 0.0180. The molecule has 0 aliphatic carbocycles. The summed E-state index contributed by atoms with van der Waals surface area (Å²) in [5, 5.41) is 5.62. The number of halogens is 5. The zero-order valence-corrected chi connectivity index (χ0v) is 22.6. The van der Waals surface area contributed by atoms with Crippen molar-refractivity contribution in [2.24, 2.45) is 0 Å². The SMILES string of the molecule is O=C1CC2(CCN(CCC(C(=O)NCc3cccc(OC(F)(F)F)c3)c3ccc(F)cc3)CC2)c2cc(F)ccc2N1. The highest BCUT2D eigenvalue weighted by Gasteiger charge is 2.42. The van der Waals surface area contributed by atoms with Crippen LogP contribution in [0.1, 0.15) is 48.3 Å². The number of benzene rings is 3. The number of carbonyl (C=O) groups excluding carboxylic acids is 2. The van der Waals surface area contributed by atoms with Crippen molar-refractivity contribution >= 4 is 17.5 Å². The van der Waals surface area contributed by atoms with Gasteiger partial charge in [-0.05, 0) is 98.1 Å². The molecule has 1 atom stereocenters. The second kappa shape index (κ2) is 12.1. The summed E-state index contributed by atoms with van der Waals surface area (Å²) in [6.07, 6.45) is -2.83. The number of likely N-dealkylation sites (tertiary alicyclic amines) is 1. The van der Waals surface area contributed by atoms with Gasteiger partial charge in [0.1, 0.15) is 17.4 Å². The second-order valence-electron chi connectivity index (χ2n) is 10.8. The number of carbonyl (C=O) groups is 2. The first kappa shape index (κ1) is 29.5. The van der Waals surface area contributed by atoms with Crippen LogP contribution >= 0.6 is 0 Å². The van der Waals surface area contributed by atoms with E-state index in [4.69, 9.17) is 0 Å². The van der Waals surface area contributed by atoms with Crippen molar-refractivity contribution in [2.75, 3.05) is 25.0 Å². The highest BCUT2D eigenvalue weighted by molar-refractivity contribution is 5.95. The molecule has 11 heteroatoms. The average Bonchev–Trinajstić information content (AvgIpc) is 2.94. The number of alkyl halides is 3. The van der Waals surface area contributed by atoms with Crippen molar-refractivity contribution < 1.29 is 36.3 Å². The highest BCUT2D eigenvalue weighted by Crippen LogP contribution is 2.45. The largest absolute Gasteiger partial charge is 0.573 e. The maximum absolute atomic E-state index is 14.1. The molecule has 1 spiro atoms. The van der Waals surface area contributed by atoms with Gasteiger partial charge < -0.3 is 20.3 Å². The molecule has 1 unspecified atom stereocenters. The van der Waals surface area contributed by atoms with Gasteiger partial charge in [0.2, 0.25) is 11.8 Å². The van der Waals surface area contributed by atoms with Gasteiger partial charge in [-0.1, -0.05) is 24.3 Å². The molecule has 2 N–H and O–H groups in total. The Morgan fingerprint density at radius 2 is 1.71 bits per heavy atom. The number of anilines is 1. The molecule has 6 nitrogen and oxygen atoms in total. The van der Waals surface area contributed by atoms with Gasteiger partial charge in [0.25, 0.3) is 0 Å². The van der Waals surface area contributed by atoms with E-state index in [0.717, 1.165) is 5.56 Å². The van der Waals surface area contributed by atoms with Crippen LogP contribution in [-0.2, 0) is 21.5 Å². The molecule has 42 heavy (non-hydrogen) atoms. The van der Waals surface area contributed by atoms with Crippen LogP contribution in [-0.4, -0.2) is 42.7 Å². The zero-order chi connectivity index (χ0) is 29.9. The number of amides is 2. The molecule has 2 amide bonds. The van der Waals surface area contributed by atoms with Crippen molar-refractivity contribution in [1.82, 2.24) is 10.2 Å². The Bertz CT molecular complexity index is 1440. The molecule has 0 bridgehead atoms. The Kier molecular flexibility index (Phi) is 8.49. The van der Waals surface area contributed by atoms with Crippen molar-refractivity contribution in [2.45, 2.75) is 49.9 Å². The van der Waals surface area contributed by atoms with E-state index in [2.05, 4.69) is 20.3 Å². The number of nitrogens with zero attached hydrogens (tertiary/aromatic N) is 1. The molecule has 2 heterocycles. The first-order chi connectivity index (χ1) is 20.0. The Morgan fingerprint density at radius 1 is 1.00 bits per heavy atom. The maximum atomic E-state index is 14.1. The van der Waals surface area contributed by atoms with E-state index in [9.17, 15) is 31.5 Å². The lowest BCUT2D eigenvalue weighted by molar-refractivity contribution is -0.274. The molecule has 2 aliphatic rings. The topological polar surface area (TPSA) is 70.7 Å². The smallest absolute Gasteiger partial charge is 0.406 e. The van der Waals surface area contributed by atoms with Gasteiger partial charge in [-0.2, -0.15) is 0 Å². The summed E-state index contributed by atoms with van der Waals surface area (Å²) in [5.41, 5.74) is 2.05. The highest BCUT2D eigenvalue weighted by atomic mass is 19.4. The minimum atomic E-state index is -4.83. The summed E-state index contributed by atoms with van der Waals surface area (Å²) in [4.78, 5) is 27.9. The second-order valence-corrected chi connectivity index (χ2v) is 10.8. The van der Waals surface area contributed by atoms with Gasteiger partial charge in [-0.25, -0.2) is 8.78 Å². The molecule has 5 rings (SSSR count). The normalized spacial score (nSPS) is 17.3. The van der Waals surface area contributed by atoms with Crippen LogP contribution in [0.25, 0.3) is 0 Å². The minimum Gasteiger partial charge on any atom is -0.406 e. The molecule has 0 aromatic heterocycles. The van der Waals surface area contributed by atoms with Gasteiger partial charge in [0.05, 0.1) is 5.92 Å². The van der Waals surface area contributed by atoms with E-state index >= 15 is 0 Å². The molecule has 0 saturated carbocycles. The van der Waals surface area contributed by atoms with Gasteiger partial charge in [0.15, 0.2) is 0 Å². The van der Waals surface area contributed by atoms with E-state index in [1.165, 1.54) is 42.5 Å². The number of ether oxygens (including phenoxy) is 1. The molecule has 2 aliphatic heterocycles. The summed E-state index contributed by atoms with van der Waals surface area (Å²) >= 11 is 0. The lowest BCUT2D eigenvalue weighted by Gasteiger charge is -2.45. The Hall–Kier alpha value is -3.99. The number of fused-ring (bicyclic) bond motifs is 2. The van der Waals surface area contributed by atoms with E-state index in [1.807, 2.05) is 0 Å². The van der Waals surface area contributed by atoms with E-state index in [-0.39, 0.29) is 36.3 Å². The predicted octanol–water partition coefficient (Wildman–Crippen LogP) is 6.03. The van der Waals surface area contributed by atoms with Crippen LogP contribution in [0.5, 0.6) is 5.75 Å². The van der Waals surface area contributed by atoms with E-state index in [0.29, 0.717) is 55.7 Å². The summed E-state index contributed by atoms with van der Waals surface area (Å²) < 4.78 is 69.5. The van der Waals surface area contributed by atoms with Crippen LogP contribution in [0.2, 0.25) is 0 Å². The molecular weight excluding hydrogens is 557 g/mol. The first-order valence-corrected chi connectivity index (χ1v) is 13.7.